The van der Waals surface area contributed by atoms with E-state index in [1.807, 2.05) is 0 Å². The molecule has 1 fully saturated rings. The van der Waals surface area contributed by atoms with E-state index in [0.29, 0.717) is 16.6 Å². The average molecular weight is 347 g/mol. The highest BCUT2D eigenvalue weighted by Gasteiger charge is 2.36. The monoisotopic (exact) mass is 347 g/mol. The molecule has 9 heteroatoms. The predicted octanol–water partition coefficient (Wildman–Crippen LogP) is 0.857. The Bertz CT molecular complexity index is 1030. The van der Waals surface area contributed by atoms with Gasteiger partial charge in [0.15, 0.2) is 5.69 Å². The van der Waals surface area contributed by atoms with Gasteiger partial charge in [-0.05, 0) is 12.1 Å². The first-order chi connectivity index (χ1) is 11.9. The molecule has 2 N–H and O–H groups in total. The van der Waals surface area contributed by atoms with Crippen LogP contribution in [0.3, 0.4) is 0 Å². The number of hydrogen-bond donors (Lipinski definition) is 2. The Balaban J connectivity index is 1.78. The fourth-order valence-electron chi connectivity index (χ4n) is 3.03. The molecule has 3 aromatic rings. The lowest BCUT2D eigenvalue weighted by Gasteiger charge is -2.22. The van der Waals surface area contributed by atoms with E-state index in [1.54, 1.807) is 24.3 Å². The number of para-hydroxylation sites is 1. The number of fused-ring (bicyclic) bond motifs is 3. The van der Waals surface area contributed by atoms with Crippen LogP contribution in [0.2, 0.25) is 0 Å². The van der Waals surface area contributed by atoms with Crippen LogP contribution in [0, 0.1) is 0 Å². The maximum absolute atomic E-state index is 13.7. The number of benzene rings is 1. The Labute approximate surface area is 140 Å². The van der Waals surface area contributed by atoms with E-state index in [-0.39, 0.29) is 24.3 Å². The fraction of sp³-hybridized carbons (Fsp3) is 0.312. The Hall–Kier alpha value is -2.81. The lowest BCUT2D eigenvalue weighted by Crippen LogP contribution is -2.41. The van der Waals surface area contributed by atoms with Gasteiger partial charge < -0.3 is 15.2 Å². The van der Waals surface area contributed by atoms with E-state index in [4.69, 9.17) is 0 Å². The van der Waals surface area contributed by atoms with Gasteiger partial charge in [0.25, 0.3) is 17.4 Å². The number of hydrogen-bond acceptors (Lipinski definition) is 4. The number of carbonyl (C=O) groups excluding carboxylic acids is 1. The van der Waals surface area contributed by atoms with Gasteiger partial charge in [-0.3, -0.25) is 9.59 Å². The van der Waals surface area contributed by atoms with Gasteiger partial charge in [-0.2, -0.15) is 5.10 Å². The minimum absolute atomic E-state index is 0.0182. The molecular weight excluding hydrogens is 332 g/mol. The van der Waals surface area contributed by atoms with Gasteiger partial charge in [0, 0.05) is 19.2 Å². The minimum Gasteiger partial charge on any atom is -0.330 e. The molecule has 1 aliphatic rings. The summed E-state index contributed by atoms with van der Waals surface area (Å²) in [5.41, 5.74) is 0.604. The molecule has 0 radical (unpaired) electrons. The zero-order chi connectivity index (χ0) is 17.6. The second kappa shape index (κ2) is 5.62. The van der Waals surface area contributed by atoms with Crippen molar-refractivity contribution in [3.8, 4) is 0 Å². The van der Waals surface area contributed by atoms with Gasteiger partial charge in [-0.1, -0.05) is 12.1 Å². The molecule has 1 amide bonds. The maximum atomic E-state index is 13.7. The van der Waals surface area contributed by atoms with E-state index in [2.05, 4.69) is 15.4 Å². The first-order valence-corrected chi connectivity index (χ1v) is 7.83. The van der Waals surface area contributed by atoms with Crippen LogP contribution < -0.4 is 10.9 Å². The molecule has 0 atom stereocenters. The fourth-order valence-corrected chi connectivity index (χ4v) is 3.03. The van der Waals surface area contributed by atoms with Gasteiger partial charge in [0.1, 0.15) is 5.65 Å². The summed E-state index contributed by atoms with van der Waals surface area (Å²) in [5.74, 6) is -3.58. The van der Waals surface area contributed by atoms with Crippen molar-refractivity contribution < 1.29 is 13.6 Å². The van der Waals surface area contributed by atoms with Crippen LogP contribution in [0.15, 0.2) is 35.1 Å². The first kappa shape index (κ1) is 15.7. The summed E-state index contributed by atoms with van der Waals surface area (Å²) in [6, 6.07) is 8.25. The molecule has 0 saturated carbocycles. The number of nitrogens with zero attached hydrogens (tertiary/aromatic N) is 3. The molecule has 0 spiro atoms. The number of aromatic nitrogens is 3. The largest absolute Gasteiger partial charge is 0.330 e. The molecule has 0 bridgehead atoms. The number of amides is 1. The summed E-state index contributed by atoms with van der Waals surface area (Å²) in [7, 11) is 0. The molecule has 1 saturated heterocycles. The van der Waals surface area contributed by atoms with E-state index in [9.17, 15) is 18.4 Å². The molecule has 25 heavy (non-hydrogen) atoms. The van der Waals surface area contributed by atoms with Crippen molar-refractivity contribution in [1.82, 2.24) is 24.8 Å². The van der Waals surface area contributed by atoms with Gasteiger partial charge in [0.2, 0.25) is 0 Å². The number of halogens is 2. The van der Waals surface area contributed by atoms with Crippen LogP contribution >= 0.6 is 0 Å². The molecule has 3 heterocycles. The predicted molar refractivity (Wildman–Crippen MR) is 87.0 cm³/mol. The van der Waals surface area contributed by atoms with Gasteiger partial charge in [-0.15, -0.1) is 0 Å². The Kier molecular flexibility index (Phi) is 3.53. The molecule has 0 unspecified atom stereocenters. The summed E-state index contributed by atoms with van der Waals surface area (Å²) >= 11 is 0. The van der Waals surface area contributed by atoms with Crippen LogP contribution in [0.1, 0.15) is 10.5 Å². The number of aromatic amines is 1. The Morgan fingerprint density at radius 1 is 1.28 bits per heavy atom. The van der Waals surface area contributed by atoms with Crippen molar-refractivity contribution in [1.29, 1.82) is 0 Å². The molecule has 130 valence electrons. The summed E-state index contributed by atoms with van der Waals surface area (Å²) in [5, 5.41) is 7.27. The lowest BCUT2D eigenvalue weighted by molar-refractivity contribution is -0.0153. The number of H-pyrrole nitrogens is 1. The molecule has 2 aromatic heterocycles. The molecule has 0 aliphatic carbocycles. The van der Waals surface area contributed by atoms with E-state index in [0.717, 1.165) is 4.90 Å². The quantitative estimate of drug-likeness (QED) is 0.684. The second-order valence-electron chi connectivity index (χ2n) is 6.06. The zero-order valence-corrected chi connectivity index (χ0v) is 13.1. The molecule has 4 rings (SSSR count). The van der Waals surface area contributed by atoms with Crippen molar-refractivity contribution in [2.75, 3.05) is 26.2 Å². The summed E-state index contributed by atoms with van der Waals surface area (Å²) in [6.07, 6.45) is 0. The lowest BCUT2D eigenvalue weighted by atomic mass is 10.2. The topological polar surface area (TPSA) is 82.5 Å². The number of carbonyl (C=O) groups is 1. The maximum Gasteiger partial charge on any atom is 0.277 e. The first-order valence-electron chi connectivity index (χ1n) is 7.83. The number of rotatable bonds is 1. The van der Waals surface area contributed by atoms with E-state index < -0.39 is 24.9 Å². The van der Waals surface area contributed by atoms with Crippen LogP contribution in [-0.2, 0) is 0 Å². The molecule has 7 nitrogen and oxygen atoms in total. The summed E-state index contributed by atoms with van der Waals surface area (Å²) in [4.78, 5) is 28.5. The van der Waals surface area contributed by atoms with Crippen LogP contribution in [0.5, 0.6) is 0 Å². The Morgan fingerprint density at radius 3 is 2.92 bits per heavy atom. The van der Waals surface area contributed by atoms with Crippen molar-refractivity contribution in [3.63, 3.8) is 0 Å². The van der Waals surface area contributed by atoms with Crippen molar-refractivity contribution in [2.24, 2.45) is 0 Å². The minimum atomic E-state index is -2.99. The van der Waals surface area contributed by atoms with Crippen LogP contribution in [0.4, 0.5) is 8.78 Å². The smallest absolute Gasteiger partial charge is 0.277 e. The van der Waals surface area contributed by atoms with Gasteiger partial charge in [0.05, 0.1) is 24.0 Å². The summed E-state index contributed by atoms with van der Waals surface area (Å²) < 4.78 is 28.9. The molecular formula is C16H15F2N5O2. The number of alkyl halides is 2. The third kappa shape index (κ3) is 2.76. The van der Waals surface area contributed by atoms with E-state index >= 15 is 0 Å². The highest BCUT2D eigenvalue weighted by molar-refractivity contribution is 5.94. The van der Waals surface area contributed by atoms with Gasteiger partial charge >= 0.3 is 0 Å². The van der Waals surface area contributed by atoms with Crippen LogP contribution in [-0.4, -0.2) is 57.5 Å². The standard InChI is InChI=1S/C16H15F2N5O2/c17-16(18)8-19-5-6-22(9-16)15(25)11-7-13-20-14(24)10-3-1-2-4-12(10)23(13)21-11/h1-4,7,19H,5-6,8-9H2,(H,20,24). The van der Waals surface area contributed by atoms with Gasteiger partial charge in [-0.25, -0.2) is 13.3 Å². The highest BCUT2D eigenvalue weighted by Crippen LogP contribution is 2.19. The van der Waals surface area contributed by atoms with Crippen LogP contribution in [0.25, 0.3) is 16.6 Å². The highest BCUT2D eigenvalue weighted by atomic mass is 19.3. The SMILES string of the molecule is O=C(c1cc2[nH]c(=O)c3ccccc3n2n1)N1CCNCC(F)(F)C1. The molecule has 1 aliphatic heterocycles. The average Bonchev–Trinajstić information content (AvgIpc) is 2.92. The summed E-state index contributed by atoms with van der Waals surface area (Å²) in [6.45, 7) is -0.669. The third-order valence-electron chi connectivity index (χ3n) is 4.20. The van der Waals surface area contributed by atoms with Crippen molar-refractivity contribution >= 4 is 22.5 Å². The number of nitrogens with one attached hydrogen (secondary N) is 2. The second-order valence-corrected chi connectivity index (χ2v) is 6.06. The third-order valence-corrected chi connectivity index (χ3v) is 4.20. The van der Waals surface area contributed by atoms with E-state index in [1.165, 1.54) is 10.6 Å². The normalized spacial score (nSPS) is 17.8. The zero-order valence-electron chi connectivity index (χ0n) is 13.1. The Morgan fingerprint density at radius 2 is 2.08 bits per heavy atom. The van der Waals surface area contributed by atoms with Crippen molar-refractivity contribution in [2.45, 2.75) is 5.92 Å². The van der Waals surface area contributed by atoms with Crippen molar-refractivity contribution in [3.05, 3.63) is 46.4 Å². The molecule has 1 aromatic carbocycles.